The van der Waals surface area contributed by atoms with E-state index in [0.29, 0.717) is 12.0 Å². The lowest BCUT2D eigenvalue weighted by Crippen LogP contribution is -2.39. The fraction of sp³-hybridized carbons (Fsp3) is 0.588. The third-order valence-electron chi connectivity index (χ3n) is 4.00. The van der Waals surface area contributed by atoms with Gasteiger partial charge in [0.25, 0.3) is 0 Å². The molecule has 1 saturated carbocycles. The molecule has 2 N–H and O–H groups in total. The smallest absolute Gasteiger partial charge is 0.191 e. The van der Waals surface area contributed by atoms with E-state index in [4.69, 9.17) is 0 Å². The van der Waals surface area contributed by atoms with Crippen LogP contribution in [0.25, 0.3) is 0 Å². The van der Waals surface area contributed by atoms with Crippen molar-refractivity contribution in [2.24, 2.45) is 4.99 Å². The van der Waals surface area contributed by atoms with E-state index in [1.807, 2.05) is 7.05 Å². The summed E-state index contributed by atoms with van der Waals surface area (Å²) in [5, 5.41) is 6.93. The zero-order valence-electron chi connectivity index (χ0n) is 12.9. The van der Waals surface area contributed by atoms with Crippen LogP contribution in [0.3, 0.4) is 0 Å². The van der Waals surface area contributed by atoms with Crippen molar-refractivity contribution in [3.05, 3.63) is 35.4 Å². The summed E-state index contributed by atoms with van der Waals surface area (Å²) in [6.45, 7) is 5.43. The van der Waals surface area contributed by atoms with E-state index in [1.54, 1.807) is 0 Å². The SMILES string of the molecule is CCCCCNC(=NC)NC1CC1c1ccccc1C. The number of guanidine groups is 1. The number of nitrogens with zero attached hydrogens (tertiary/aromatic N) is 1. The molecular formula is C17H27N3. The molecular weight excluding hydrogens is 246 g/mol. The van der Waals surface area contributed by atoms with Gasteiger partial charge in [-0.1, -0.05) is 44.0 Å². The maximum atomic E-state index is 4.31. The second-order valence-electron chi connectivity index (χ2n) is 5.66. The Balaban J connectivity index is 1.79. The number of benzene rings is 1. The van der Waals surface area contributed by atoms with Crippen LogP contribution in [0.5, 0.6) is 0 Å². The number of aliphatic imine (C=N–C) groups is 1. The molecule has 20 heavy (non-hydrogen) atoms. The quantitative estimate of drug-likeness (QED) is 0.474. The average Bonchev–Trinajstić information content (AvgIpc) is 3.22. The van der Waals surface area contributed by atoms with Gasteiger partial charge in [-0.2, -0.15) is 0 Å². The largest absolute Gasteiger partial charge is 0.356 e. The molecule has 0 saturated heterocycles. The molecule has 1 fully saturated rings. The van der Waals surface area contributed by atoms with E-state index in [9.17, 15) is 0 Å². The van der Waals surface area contributed by atoms with Gasteiger partial charge in [-0.25, -0.2) is 0 Å². The van der Waals surface area contributed by atoms with Crippen LogP contribution >= 0.6 is 0 Å². The Morgan fingerprint density at radius 3 is 2.80 bits per heavy atom. The summed E-state index contributed by atoms with van der Waals surface area (Å²) in [7, 11) is 1.85. The average molecular weight is 273 g/mol. The number of unbranched alkanes of at least 4 members (excludes halogenated alkanes) is 2. The van der Waals surface area contributed by atoms with Crippen LogP contribution in [0, 0.1) is 6.92 Å². The Morgan fingerprint density at radius 1 is 1.30 bits per heavy atom. The van der Waals surface area contributed by atoms with Gasteiger partial charge in [0.05, 0.1) is 0 Å². The topological polar surface area (TPSA) is 36.4 Å². The zero-order chi connectivity index (χ0) is 14.4. The predicted octanol–water partition coefficient (Wildman–Crippen LogP) is 3.21. The van der Waals surface area contributed by atoms with Crippen molar-refractivity contribution in [1.29, 1.82) is 0 Å². The van der Waals surface area contributed by atoms with Gasteiger partial charge >= 0.3 is 0 Å². The Bertz CT molecular complexity index is 453. The van der Waals surface area contributed by atoms with Crippen LogP contribution in [0.1, 0.15) is 49.7 Å². The molecule has 0 radical (unpaired) electrons. The van der Waals surface area contributed by atoms with Crippen molar-refractivity contribution in [1.82, 2.24) is 10.6 Å². The lowest BCUT2D eigenvalue weighted by atomic mass is 10.0. The minimum absolute atomic E-state index is 0.536. The summed E-state index contributed by atoms with van der Waals surface area (Å²) in [6.07, 6.45) is 4.95. The lowest BCUT2D eigenvalue weighted by Gasteiger charge is -2.12. The van der Waals surface area contributed by atoms with Crippen molar-refractivity contribution in [3.63, 3.8) is 0 Å². The Morgan fingerprint density at radius 2 is 2.10 bits per heavy atom. The molecule has 3 nitrogen and oxygen atoms in total. The molecule has 2 unspecified atom stereocenters. The molecule has 1 aromatic rings. The van der Waals surface area contributed by atoms with Gasteiger partial charge in [0.2, 0.25) is 0 Å². The summed E-state index contributed by atoms with van der Waals surface area (Å²) in [5.74, 6) is 1.59. The molecule has 0 spiro atoms. The molecule has 0 heterocycles. The summed E-state index contributed by atoms with van der Waals surface area (Å²) in [4.78, 5) is 4.31. The molecule has 0 amide bonds. The summed E-state index contributed by atoms with van der Waals surface area (Å²) in [6, 6.07) is 9.23. The molecule has 3 heteroatoms. The van der Waals surface area contributed by atoms with Gasteiger partial charge in [0.15, 0.2) is 5.96 Å². The van der Waals surface area contributed by atoms with Crippen LogP contribution in [-0.2, 0) is 0 Å². The highest BCUT2D eigenvalue weighted by molar-refractivity contribution is 5.80. The first kappa shape index (κ1) is 14.9. The second kappa shape index (κ2) is 7.32. The fourth-order valence-corrected chi connectivity index (χ4v) is 2.65. The van der Waals surface area contributed by atoms with Gasteiger partial charge in [-0.3, -0.25) is 4.99 Å². The van der Waals surface area contributed by atoms with E-state index in [-0.39, 0.29) is 0 Å². The number of aryl methyl sites for hydroxylation is 1. The first-order valence-electron chi connectivity index (χ1n) is 7.79. The minimum atomic E-state index is 0.536. The normalized spacial score (nSPS) is 21.6. The Kier molecular flexibility index (Phi) is 5.45. The zero-order valence-corrected chi connectivity index (χ0v) is 12.9. The molecule has 0 bridgehead atoms. The fourth-order valence-electron chi connectivity index (χ4n) is 2.65. The molecule has 1 aliphatic carbocycles. The van der Waals surface area contributed by atoms with Crippen molar-refractivity contribution < 1.29 is 0 Å². The summed E-state index contributed by atoms with van der Waals surface area (Å²) >= 11 is 0. The van der Waals surface area contributed by atoms with Crippen molar-refractivity contribution in [2.45, 2.75) is 51.5 Å². The predicted molar refractivity (Wildman–Crippen MR) is 86.3 cm³/mol. The highest BCUT2D eigenvalue weighted by Crippen LogP contribution is 2.41. The van der Waals surface area contributed by atoms with E-state index < -0.39 is 0 Å². The van der Waals surface area contributed by atoms with Gasteiger partial charge in [0.1, 0.15) is 0 Å². The van der Waals surface area contributed by atoms with Gasteiger partial charge in [0, 0.05) is 25.6 Å². The standard InChI is InChI=1S/C17H27N3/c1-4-5-8-11-19-17(18-3)20-16-12-15(16)14-10-7-6-9-13(14)2/h6-7,9-10,15-16H,4-5,8,11-12H2,1-3H3,(H2,18,19,20). The van der Waals surface area contributed by atoms with Gasteiger partial charge < -0.3 is 10.6 Å². The van der Waals surface area contributed by atoms with Gasteiger partial charge in [-0.15, -0.1) is 0 Å². The van der Waals surface area contributed by atoms with E-state index in [2.05, 4.69) is 53.7 Å². The minimum Gasteiger partial charge on any atom is -0.356 e. The van der Waals surface area contributed by atoms with Crippen LogP contribution in [0.2, 0.25) is 0 Å². The monoisotopic (exact) mass is 273 g/mol. The number of nitrogens with one attached hydrogen (secondary N) is 2. The molecule has 110 valence electrons. The summed E-state index contributed by atoms with van der Waals surface area (Å²) < 4.78 is 0. The Labute approximate surface area is 122 Å². The van der Waals surface area contributed by atoms with Crippen molar-refractivity contribution >= 4 is 5.96 Å². The van der Waals surface area contributed by atoms with Crippen molar-refractivity contribution in [3.8, 4) is 0 Å². The van der Waals surface area contributed by atoms with E-state index in [0.717, 1.165) is 12.5 Å². The molecule has 2 atom stereocenters. The molecule has 0 aromatic heterocycles. The highest BCUT2D eigenvalue weighted by atomic mass is 15.2. The number of hydrogen-bond donors (Lipinski definition) is 2. The molecule has 0 aliphatic heterocycles. The molecule has 2 rings (SSSR count). The van der Waals surface area contributed by atoms with E-state index in [1.165, 1.54) is 36.8 Å². The maximum absolute atomic E-state index is 4.31. The third-order valence-corrected chi connectivity index (χ3v) is 4.00. The second-order valence-corrected chi connectivity index (χ2v) is 5.66. The van der Waals surface area contributed by atoms with Crippen LogP contribution in [-0.4, -0.2) is 25.6 Å². The first-order valence-corrected chi connectivity index (χ1v) is 7.79. The number of rotatable bonds is 6. The molecule has 1 aromatic carbocycles. The highest BCUT2D eigenvalue weighted by Gasteiger charge is 2.39. The molecule has 1 aliphatic rings. The maximum Gasteiger partial charge on any atom is 0.191 e. The van der Waals surface area contributed by atoms with Crippen LogP contribution in [0.15, 0.2) is 29.3 Å². The van der Waals surface area contributed by atoms with Gasteiger partial charge in [-0.05, 0) is 30.9 Å². The lowest BCUT2D eigenvalue weighted by molar-refractivity contribution is 0.681. The third kappa shape index (κ3) is 3.99. The van der Waals surface area contributed by atoms with Crippen molar-refractivity contribution in [2.75, 3.05) is 13.6 Å². The first-order chi connectivity index (χ1) is 9.76. The number of hydrogen-bond acceptors (Lipinski definition) is 1. The van der Waals surface area contributed by atoms with Crippen LogP contribution < -0.4 is 10.6 Å². The van der Waals surface area contributed by atoms with E-state index >= 15 is 0 Å². The Hall–Kier alpha value is -1.51. The van der Waals surface area contributed by atoms with Crippen LogP contribution in [0.4, 0.5) is 0 Å². The summed E-state index contributed by atoms with van der Waals surface area (Å²) in [5.41, 5.74) is 2.87.